The molecule has 0 spiro atoms. The summed E-state index contributed by atoms with van der Waals surface area (Å²) in [4.78, 5) is 25.1. The number of nitrogens with one attached hydrogen (secondary N) is 2. The molecular weight excluding hydrogens is 407 g/mol. The van der Waals surface area contributed by atoms with Gasteiger partial charge in [0.15, 0.2) is 0 Å². The van der Waals surface area contributed by atoms with Gasteiger partial charge in [0.05, 0.1) is 0 Å². The molecular formula is C26H25FN2O3. The Morgan fingerprint density at radius 1 is 0.875 bits per heavy atom. The molecule has 2 N–H and O–H groups in total. The van der Waals surface area contributed by atoms with E-state index in [0.717, 1.165) is 27.8 Å². The number of carbonyl (C=O) groups is 2. The van der Waals surface area contributed by atoms with Crippen LogP contribution in [0, 0.1) is 0 Å². The van der Waals surface area contributed by atoms with Crippen molar-refractivity contribution in [2.75, 3.05) is 19.8 Å². The zero-order chi connectivity index (χ0) is 22.3. The first kappa shape index (κ1) is 21.6. The molecule has 0 aliphatic heterocycles. The second-order valence-electron chi connectivity index (χ2n) is 7.69. The lowest BCUT2D eigenvalue weighted by Gasteiger charge is -2.19. The average Bonchev–Trinajstić information content (AvgIpc) is 3.15. The Morgan fingerprint density at radius 3 is 2.09 bits per heavy atom. The van der Waals surface area contributed by atoms with Crippen molar-refractivity contribution >= 4 is 12.0 Å². The summed E-state index contributed by atoms with van der Waals surface area (Å²) < 4.78 is 18.1. The molecule has 0 bridgehead atoms. The minimum atomic E-state index is -0.861. The standard InChI is InChI=1S/C26H25FN2O3/c27-14-15-28-25(30)24(16-18-8-2-1-3-9-18)29-26(31)32-17-23-21-12-6-4-10-19(21)20-11-5-7-13-22(20)23/h1-13,23-24H,14-17H2,(H,28,30)(H,29,31)/t24-/m1/s1. The molecule has 1 aliphatic rings. The maximum Gasteiger partial charge on any atom is 0.407 e. The Kier molecular flexibility index (Phi) is 6.80. The molecule has 0 radical (unpaired) electrons. The van der Waals surface area contributed by atoms with Crippen LogP contribution in [0.3, 0.4) is 0 Å². The van der Waals surface area contributed by atoms with Crippen LogP contribution in [0.25, 0.3) is 11.1 Å². The number of amides is 2. The van der Waals surface area contributed by atoms with E-state index in [9.17, 15) is 14.0 Å². The zero-order valence-corrected chi connectivity index (χ0v) is 17.6. The van der Waals surface area contributed by atoms with Crippen LogP contribution in [0.2, 0.25) is 0 Å². The fourth-order valence-corrected chi connectivity index (χ4v) is 4.14. The van der Waals surface area contributed by atoms with Crippen LogP contribution in [0.5, 0.6) is 0 Å². The lowest BCUT2D eigenvalue weighted by Crippen LogP contribution is -2.48. The molecule has 2 amide bonds. The van der Waals surface area contributed by atoms with E-state index < -0.39 is 24.7 Å². The summed E-state index contributed by atoms with van der Waals surface area (Å²) in [5.74, 6) is -0.513. The Morgan fingerprint density at radius 2 is 1.47 bits per heavy atom. The molecule has 5 nitrogen and oxygen atoms in total. The summed E-state index contributed by atoms with van der Waals surface area (Å²) in [5.41, 5.74) is 5.40. The van der Waals surface area contributed by atoms with Gasteiger partial charge >= 0.3 is 6.09 Å². The first-order chi connectivity index (χ1) is 15.7. The van der Waals surface area contributed by atoms with E-state index in [-0.39, 0.29) is 25.5 Å². The van der Waals surface area contributed by atoms with Gasteiger partial charge in [-0.15, -0.1) is 0 Å². The molecule has 6 heteroatoms. The van der Waals surface area contributed by atoms with E-state index in [2.05, 4.69) is 22.8 Å². The third-order valence-corrected chi connectivity index (χ3v) is 5.63. The highest BCUT2D eigenvalue weighted by molar-refractivity contribution is 5.86. The van der Waals surface area contributed by atoms with Crippen molar-refractivity contribution in [1.29, 1.82) is 0 Å². The second-order valence-corrected chi connectivity index (χ2v) is 7.69. The first-order valence-electron chi connectivity index (χ1n) is 10.7. The van der Waals surface area contributed by atoms with Gasteiger partial charge in [-0.1, -0.05) is 78.9 Å². The number of alkyl carbamates (subject to hydrolysis) is 1. The molecule has 0 unspecified atom stereocenters. The number of ether oxygens (including phenoxy) is 1. The van der Waals surface area contributed by atoms with Crippen LogP contribution < -0.4 is 10.6 Å². The lowest BCUT2D eigenvalue weighted by molar-refractivity contribution is -0.123. The molecule has 0 aromatic heterocycles. The van der Waals surface area contributed by atoms with E-state index in [1.807, 2.05) is 66.7 Å². The minimum absolute atomic E-state index is 0.0684. The summed E-state index contributed by atoms with van der Waals surface area (Å²) in [6.45, 7) is -0.616. The van der Waals surface area contributed by atoms with E-state index in [1.165, 1.54) is 0 Å². The fraction of sp³-hybridized carbons (Fsp3) is 0.231. The number of halogens is 1. The number of rotatable bonds is 8. The van der Waals surface area contributed by atoms with Crippen LogP contribution in [0.4, 0.5) is 9.18 Å². The predicted octanol–water partition coefficient (Wildman–Crippen LogP) is 4.22. The Hall–Kier alpha value is -3.67. The minimum Gasteiger partial charge on any atom is -0.449 e. The van der Waals surface area contributed by atoms with Gasteiger partial charge in [-0.25, -0.2) is 9.18 Å². The second kappa shape index (κ2) is 10.1. The zero-order valence-electron chi connectivity index (χ0n) is 17.6. The molecule has 3 aromatic carbocycles. The highest BCUT2D eigenvalue weighted by atomic mass is 19.1. The van der Waals surface area contributed by atoms with Gasteiger partial charge in [0, 0.05) is 18.9 Å². The Labute approximate surface area is 186 Å². The van der Waals surface area contributed by atoms with Gasteiger partial charge in [0.2, 0.25) is 5.91 Å². The smallest absolute Gasteiger partial charge is 0.407 e. The first-order valence-corrected chi connectivity index (χ1v) is 10.7. The largest absolute Gasteiger partial charge is 0.449 e. The number of hydrogen-bond acceptors (Lipinski definition) is 3. The fourth-order valence-electron chi connectivity index (χ4n) is 4.14. The van der Waals surface area contributed by atoms with Crippen molar-refractivity contribution in [2.24, 2.45) is 0 Å². The van der Waals surface area contributed by atoms with Crippen LogP contribution in [-0.2, 0) is 16.0 Å². The van der Waals surface area contributed by atoms with Gasteiger partial charge in [0.25, 0.3) is 0 Å². The van der Waals surface area contributed by atoms with Crippen LogP contribution in [0.15, 0.2) is 78.9 Å². The molecule has 164 valence electrons. The van der Waals surface area contributed by atoms with Crippen LogP contribution >= 0.6 is 0 Å². The summed E-state index contributed by atoms with van der Waals surface area (Å²) in [5, 5.41) is 5.15. The van der Waals surface area contributed by atoms with E-state index >= 15 is 0 Å². The Balaban J connectivity index is 1.44. The third-order valence-electron chi connectivity index (χ3n) is 5.63. The molecule has 1 aliphatic carbocycles. The molecule has 0 saturated heterocycles. The molecule has 0 fully saturated rings. The predicted molar refractivity (Wildman–Crippen MR) is 121 cm³/mol. The van der Waals surface area contributed by atoms with Gasteiger partial charge in [0.1, 0.15) is 19.3 Å². The van der Waals surface area contributed by atoms with Gasteiger partial charge in [-0.05, 0) is 27.8 Å². The summed E-state index contributed by atoms with van der Waals surface area (Å²) in [7, 11) is 0. The van der Waals surface area contributed by atoms with Gasteiger partial charge < -0.3 is 15.4 Å². The topological polar surface area (TPSA) is 67.4 Å². The van der Waals surface area contributed by atoms with Crippen LogP contribution in [0.1, 0.15) is 22.6 Å². The number of fused-ring (bicyclic) bond motifs is 3. The van der Waals surface area contributed by atoms with Crippen molar-refractivity contribution in [3.63, 3.8) is 0 Å². The third kappa shape index (κ3) is 4.80. The van der Waals surface area contributed by atoms with E-state index in [0.29, 0.717) is 0 Å². The molecule has 4 rings (SSSR count). The van der Waals surface area contributed by atoms with E-state index in [1.54, 1.807) is 0 Å². The Bertz CT molecular complexity index is 1040. The van der Waals surface area contributed by atoms with Crippen molar-refractivity contribution in [1.82, 2.24) is 10.6 Å². The number of carbonyl (C=O) groups excluding carboxylic acids is 2. The quantitative estimate of drug-likeness (QED) is 0.560. The normalized spacial score (nSPS) is 13.0. The average molecular weight is 432 g/mol. The highest BCUT2D eigenvalue weighted by Crippen LogP contribution is 2.44. The maximum absolute atomic E-state index is 12.6. The number of benzene rings is 3. The van der Waals surface area contributed by atoms with Gasteiger partial charge in [-0.3, -0.25) is 4.79 Å². The maximum atomic E-state index is 12.6. The van der Waals surface area contributed by atoms with Crippen molar-refractivity contribution in [3.05, 3.63) is 95.6 Å². The number of alkyl halides is 1. The lowest BCUT2D eigenvalue weighted by atomic mass is 9.98. The van der Waals surface area contributed by atoms with Crippen molar-refractivity contribution in [3.8, 4) is 11.1 Å². The van der Waals surface area contributed by atoms with Gasteiger partial charge in [-0.2, -0.15) is 0 Å². The van der Waals surface area contributed by atoms with Crippen LogP contribution in [-0.4, -0.2) is 37.9 Å². The monoisotopic (exact) mass is 432 g/mol. The molecule has 0 saturated carbocycles. The van der Waals surface area contributed by atoms with Crippen molar-refractivity contribution < 1.29 is 18.7 Å². The van der Waals surface area contributed by atoms with E-state index in [4.69, 9.17) is 4.74 Å². The summed E-state index contributed by atoms with van der Waals surface area (Å²) >= 11 is 0. The summed E-state index contributed by atoms with van der Waals surface area (Å²) in [6, 6.07) is 24.6. The molecule has 0 heterocycles. The molecule has 1 atom stereocenters. The molecule has 32 heavy (non-hydrogen) atoms. The molecule has 3 aromatic rings. The summed E-state index contributed by atoms with van der Waals surface area (Å²) in [6.07, 6.45) is -0.397. The van der Waals surface area contributed by atoms with Crippen molar-refractivity contribution in [2.45, 2.75) is 18.4 Å². The number of hydrogen-bond donors (Lipinski definition) is 2. The SMILES string of the molecule is O=C(N[C@H](Cc1ccccc1)C(=O)NCCF)OCC1c2ccccc2-c2ccccc21. The highest BCUT2D eigenvalue weighted by Gasteiger charge is 2.29.